The Labute approximate surface area is 297 Å². The standard InChI is InChI=1S/C9H14F2.C9H17F.C9H15F.C8H16.C7H13F3/c1-5(2)6-3-7-8(4-6)9(7,10)11;2*1-7(2)8-3-5-9(10)6-4-8;1-7(2)8(3)5-4-6-8;1-5(2)6(3,4)7(8,9)10/h5-8H,3-4H2,1-2H3;7-9H,3-6H2,1-2H3;5,7-8H,3-4,6H2,1-2H3;7H,4-6H2,1-3H3;5H,1-4H3. The monoisotopic (exact) mass is 713 g/mol. The highest BCUT2D eigenvalue weighted by Crippen LogP contribution is 2.66. The van der Waals surface area contributed by atoms with Crippen LogP contribution in [0.4, 0.5) is 30.7 Å². The Hall–Kier alpha value is -0.750. The van der Waals surface area contributed by atoms with Gasteiger partial charge in [-0.3, -0.25) is 0 Å². The van der Waals surface area contributed by atoms with Gasteiger partial charge < -0.3 is 0 Å². The molecule has 3 atom stereocenters. The van der Waals surface area contributed by atoms with E-state index in [1.807, 2.05) is 0 Å². The average molecular weight is 713 g/mol. The van der Waals surface area contributed by atoms with E-state index in [2.05, 4.69) is 62.3 Å². The topological polar surface area (TPSA) is 0 Å². The van der Waals surface area contributed by atoms with Gasteiger partial charge in [0, 0.05) is 11.8 Å². The van der Waals surface area contributed by atoms with Crippen molar-refractivity contribution in [1.29, 1.82) is 0 Å². The first-order valence-electron chi connectivity index (χ1n) is 19.7. The van der Waals surface area contributed by atoms with Crippen molar-refractivity contribution in [2.24, 2.45) is 70.0 Å². The molecule has 0 N–H and O–H groups in total. The van der Waals surface area contributed by atoms with Crippen molar-refractivity contribution >= 4 is 0 Å². The Bertz CT molecular complexity index is 933. The number of halogens is 7. The van der Waals surface area contributed by atoms with Crippen LogP contribution < -0.4 is 0 Å². The van der Waals surface area contributed by atoms with Crippen molar-refractivity contribution in [2.45, 2.75) is 185 Å². The smallest absolute Gasteiger partial charge is 0.247 e. The molecule has 0 aromatic carbocycles. The van der Waals surface area contributed by atoms with Crippen molar-refractivity contribution in [3.63, 3.8) is 0 Å². The molecule has 0 bridgehead atoms. The summed E-state index contributed by atoms with van der Waals surface area (Å²) in [5.41, 5.74) is -0.840. The number of fused-ring (bicyclic) bond motifs is 1. The SMILES string of the molecule is CC(C)C(C)(C)C(F)(F)F.CC(C)C1(C)CCC1.CC(C)C1CC2C(C1)C2(F)F.CC(C)C1CC=C(F)CC1.CC(C)C1CCC(F)CC1. The van der Waals surface area contributed by atoms with E-state index in [4.69, 9.17) is 0 Å². The highest BCUT2D eigenvalue weighted by Gasteiger charge is 2.71. The van der Waals surface area contributed by atoms with Crippen molar-refractivity contribution in [2.75, 3.05) is 0 Å². The highest BCUT2D eigenvalue weighted by molar-refractivity contribution is 5.11. The van der Waals surface area contributed by atoms with E-state index in [9.17, 15) is 30.7 Å². The van der Waals surface area contributed by atoms with Gasteiger partial charge in [0.2, 0.25) is 0 Å². The maximum Gasteiger partial charge on any atom is 0.394 e. The molecule has 0 radical (unpaired) electrons. The summed E-state index contributed by atoms with van der Waals surface area (Å²) in [6, 6.07) is 0. The summed E-state index contributed by atoms with van der Waals surface area (Å²) in [5, 5.41) is 0. The summed E-state index contributed by atoms with van der Waals surface area (Å²) < 4.78 is 86.7. The van der Waals surface area contributed by atoms with Crippen LogP contribution in [0.25, 0.3) is 0 Å². The fourth-order valence-corrected chi connectivity index (χ4v) is 7.21. The summed E-state index contributed by atoms with van der Waals surface area (Å²) in [6.07, 6.45) is 9.61. The van der Waals surface area contributed by atoms with E-state index < -0.39 is 23.7 Å². The summed E-state index contributed by atoms with van der Waals surface area (Å²) in [7, 11) is 0. The summed E-state index contributed by atoms with van der Waals surface area (Å²) in [6.45, 7) is 25.8. The van der Waals surface area contributed by atoms with Gasteiger partial charge in [0.1, 0.15) is 6.17 Å². The van der Waals surface area contributed by atoms with Gasteiger partial charge in [-0.15, -0.1) is 0 Å². The normalized spacial score (nSPS) is 30.0. The van der Waals surface area contributed by atoms with Crippen molar-refractivity contribution in [3.05, 3.63) is 11.9 Å². The van der Waals surface area contributed by atoms with Gasteiger partial charge in [-0.1, -0.05) is 103 Å². The molecule has 0 saturated heterocycles. The summed E-state index contributed by atoms with van der Waals surface area (Å²) in [5.74, 6) is 2.03. The second-order valence-electron chi connectivity index (χ2n) is 18.6. The summed E-state index contributed by atoms with van der Waals surface area (Å²) >= 11 is 0. The van der Waals surface area contributed by atoms with Crippen molar-refractivity contribution < 1.29 is 30.7 Å². The number of alkyl halides is 6. The molecule has 0 amide bonds. The zero-order chi connectivity index (χ0) is 38.1. The van der Waals surface area contributed by atoms with Gasteiger partial charge in [-0.05, 0) is 123 Å². The third-order valence-electron chi connectivity index (χ3n) is 13.5. The lowest BCUT2D eigenvalue weighted by Gasteiger charge is -2.42. The van der Waals surface area contributed by atoms with Crippen LogP contribution in [0.15, 0.2) is 11.9 Å². The fraction of sp³-hybridized carbons (Fsp3) is 0.952. The molecule has 7 heteroatoms. The molecule has 0 heterocycles. The molecule has 5 aliphatic carbocycles. The fourth-order valence-electron chi connectivity index (χ4n) is 7.21. The number of allylic oxidation sites excluding steroid dienone is 2. The molecule has 0 spiro atoms. The van der Waals surface area contributed by atoms with Crippen LogP contribution in [0, 0.1) is 70.0 Å². The maximum absolute atomic E-state index is 12.7. The van der Waals surface area contributed by atoms with Crippen molar-refractivity contribution in [3.8, 4) is 0 Å². The Morgan fingerprint density at radius 2 is 1.14 bits per heavy atom. The van der Waals surface area contributed by atoms with Gasteiger partial charge in [0.15, 0.2) is 0 Å². The molecule has 0 aliphatic heterocycles. The van der Waals surface area contributed by atoms with Crippen LogP contribution in [-0.2, 0) is 0 Å². The Balaban J connectivity index is 0.000000307. The average Bonchev–Trinajstić information content (AvgIpc) is 3.28. The first-order valence-corrected chi connectivity index (χ1v) is 19.7. The minimum atomic E-state index is -4.08. The molecular weight excluding hydrogens is 637 g/mol. The van der Waals surface area contributed by atoms with Gasteiger partial charge in [0.25, 0.3) is 5.92 Å². The molecule has 4 fully saturated rings. The molecule has 4 saturated carbocycles. The Kier molecular flexibility index (Phi) is 18.3. The van der Waals surface area contributed by atoms with Crippen LogP contribution in [-0.4, -0.2) is 18.3 Å². The zero-order valence-electron chi connectivity index (χ0n) is 33.6. The zero-order valence-corrected chi connectivity index (χ0v) is 33.6. The lowest BCUT2D eigenvalue weighted by Crippen LogP contribution is -2.36. The van der Waals surface area contributed by atoms with Crippen LogP contribution >= 0.6 is 0 Å². The first-order chi connectivity index (χ1) is 22.3. The Morgan fingerprint density at radius 3 is 1.39 bits per heavy atom. The van der Waals surface area contributed by atoms with E-state index >= 15 is 0 Å². The van der Waals surface area contributed by atoms with E-state index in [-0.39, 0.29) is 23.6 Å². The molecule has 0 aromatic rings. The molecular formula is C42H75F7. The molecule has 0 aromatic heterocycles. The highest BCUT2D eigenvalue weighted by atomic mass is 19.4. The molecule has 0 nitrogen and oxygen atoms in total. The number of hydrogen-bond donors (Lipinski definition) is 0. The van der Waals surface area contributed by atoms with Gasteiger partial charge in [-0.2, -0.15) is 13.2 Å². The number of rotatable bonds is 5. The summed E-state index contributed by atoms with van der Waals surface area (Å²) in [4.78, 5) is 0. The van der Waals surface area contributed by atoms with Crippen LogP contribution in [0.3, 0.4) is 0 Å². The third-order valence-corrected chi connectivity index (χ3v) is 13.5. The van der Waals surface area contributed by atoms with E-state index in [0.717, 1.165) is 80.5 Å². The largest absolute Gasteiger partial charge is 0.394 e. The second kappa shape index (κ2) is 19.4. The van der Waals surface area contributed by atoms with E-state index in [1.165, 1.54) is 33.1 Å². The van der Waals surface area contributed by atoms with Gasteiger partial charge >= 0.3 is 6.18 Å². The van der Waals surface area contributed by atoms with Gasteiger partial charge in [0.05, 0.1) is 11.2 Å². The predicted octanol–water partition coefficient (Wildman–Crippen LogP) is 15.5. The van der Waals surface area contributed by atoms with Crippen molar-refractivity contribution in [1.82, 2.24) is 0 Å². The van der Waals surface area contributed by atoms with Crippen LogP contribution in [0.5, 0.6) is 0 Å². The Morgan fingerprint density at radius 1 is 0.694 bits per heavy atom. The molecule has 3 unspecified atom stereocenters. The maximum atomic E-state index is 12.7. The lowest BCUT2D eigenvalue weighted by atomic mass is 9.64. The number of hydrogen-bond acceptors (Lipinski definition) is 0. The van der Waals surface area contributed by atoms with Crippen LogP contribution in [0.2, 0.25) is 0 Å². The lowest BCUT2D eigenvalue weighted by molar-refractivity contribution is -0.225. The first kappa shape index (κ1) is 46.3. The second-order valence-corrected chi connectivity index (χ2v) is 18.6. The minimum absolute atomic E-state index is 0.0944. The van der Waals surface area contributed by atoms with Gasteiger partial charge in [-0.25, -0.2) is 17.6 Å². The van der Waals surface area contributed by atoms with E-state index in [0.29, 0.717) is 24.2 Å². The quantitative estimate of drug-likeness (QED) is 0.249. The molecule has 292 valence electrons. The van der Waals surface area contributed by atoms with E-state index in [1.54, 1.807) is 19.9 Å². The third kappa shape index (κ3) is 14.3. The molecule has 49 heavy (non-hydrogen) atoms. The minimum Gasteiger partial charge on any atom is -0.247 e. The predicted molar refractivity (Wildman–Crippen MR) is 194 cm³/mol. The molecule has 5 rings (SSSR count). The molecule has 5 aliphatic rings. The van der Waals surface area contributed by atoms with Crippen LogP contribution in [0.1, 0.15) is 167 Å².